The Balaban J connectivity index is 5.52. The van der Waals surface area contributed by atoms with Gasteiger partial charge in [0.1, 0.15) is 17.0 Å². The number of ketones is 2. The molecule has 268 valence electrons. The molecular weight excluding hydrogens is 596 g/mol. The highest BCUT2D eigenvalue weighted by Gasteiger charge is 2.33. The Kier molecular flexibility index (Phi) is 21.5. The minimum absolute atomic E-state index is 0.00711. The number of hydrogen-bond acceptors (Lipinski definition) is 12. The average molecular weight is 659 g/mol. The van der Waals surface area contributed by atoms with Crippen LogP contribution in [0.3, 0.4) is 0 Å². The number of carbonyl (C=O) groups excluding carboxylic acids is 5. The van der Waals surface area contributed by atoms with Gasteiger partial charge in [0, 0.05) is 18.8 Å². The first kappa shape index (κ1) is 43.4. The molecule has 0 saturated heterocycles. The summed E-state index contributed by atoms with van der Waals surface area (Å²) in [4.78, 5) is 70.3. The first-order valence-electron chi connectivity index (χ1n) is 16.6. The summed E-state index contributed by atoms with van der Waals surface area (Å²) in [5.74, 6) is -1.49. The number of ether oxygens (including phenoxy) is 2. The van der Waals surface area contributed by atoms with E-state index in [-0.39, 0.29) is 43.3 Å². The summed E-state index contributed by atoms with van der Waals surface area (Å²) in [7, 11) is 0. The van der Waals surface area contributed by atoms with Gasteiger partial charge in [0.05, 0.1) is 18.7 Å². The average Bonchev–Trinajstić information content (AvgIpc) is 2.93. The Hall–Kier alpha value is -2.65. The topological polar surface area (TPSA) is 232 Å². The summed E-state index contributed by atoms with van der Waals surface area (Å²) in [5.41, 5.74) is 21.1. The molecule has 3 atom stereocenters. The van der Waals surface area contributed by atoms with Crippen molar-refractivity contribution in [3.8, 4) is 0 Å². The lowest BCUT2D eigenvalue weighted by Crippen LogP contribution is -2.45. The molecule has 0 aromatic rings. The third kappa shape index (κ3) is 20.5. The second-order valence-corrected chi connectivity index (χ2v) is 13.5. The molecule has 0 aromatic carbocycles. The summed E-state index contributed by atoms with van der Waals surface area (Å²) in [6, 6.07) is -1.49. The minimum atomic E-state index is -1.05. The number of unbranched alkanes of at least 4 members (excludes halogenated alkanes) is 3. The van der Waals surface area contributed by atoms with E-state index in [1.165, 1.54) is 0 Å². The Morgan fingerprint density at radius 2 is 1.15 bits per heavy atom. The number of hydrogen-bond donors (Lipinski definition) is 5. The van der Waals surface area contributed by atoms with E-state index in [2.05, 4.69) is 5.32 Å². The maximum Gasteiger partial charge on any atom is 0.444 e. The quantitative estimate of drug-likeness (QED) is 0.0787. The van der Waals surface area contributed by atoms with Crippen molar-refractivity contribution < 1.29 is 38.3 Å². The first-order valence-corrected chi connectivity index (χ1v) is 16.6. The van der Waals surface area contributed by atoms with Crippen molar-refractivity contribution >= 4 is 29.7 Å². The standard InChI is InChI=1S/C32H62N6O8/c1-31(2,3)45-29(42)38(30(43)46-32(4,5)6)44-21-13-17-26(39)25(16-9-12-20-35)37-28(41)23(14-7-10-18-33)22-27(40)24(36)15-8-11-19-34/h23-25H,7-22,33-36H2,1-6H3,(H,37,41)/t23-,24+,25+/m1/s1. The predicted octanol–water partition coefficient (Wildman–Crippen LogP) is 3.21. The zero-order chi connectivity index (χ0) is 35.3. The highest BCUT2D eigenvalue weighted by molar-refractivity contribution is 5.93. The maximum atomic E-state index is 13.4. The third-order valence-corrected chi connectivity index (χ3v) is 6.77. The van der Waals surface area contributed by atoms with Crippen LogP contribution in [0.25, 0.3) is 0 Å². The van der Waals surface area contributed by atoms with Crippen molar-refractivity contribution in [1.82, 2.24) is 10.4 Å². The van der Waals surface area contributed by atoms with Crippen molar-refractivity contribution in [2.45, 2.75) is 142 Å². The lowest BCUT2D eigenvalue weighted by molar-refractivity contribution is -0.141. The Bertz CT molecular complexity index is 907. The zero-order valence-electron chi connectivity index (χ0n) is 29.1. The number of nitrogens with two attached hydrogens (primary N) is 4. The summed E-state index contributed by atoms with van der Waals surface area (Å²) < 4.78 is 10.5. The molecule has 0 aliphatic rings. The molecule has 9 N–H and O–H groups in total. The van der Waals surface area contributed by atoms with Crippen LogP contribution in [0.5, 0.6) is 0 Å². The fourth-order valence-corrected chi connectivity index (χ4v) is 4.38. The zero-order valence-corrected chi connectivity index (χ0v) is 29.1. The number of rotatable bonds is 23. The first-order chi connectivity index (χ1) is 21.4. The van der Waals surface area contributed by atoms with Crippen LogP contribution in [0.15, 0.2) is 0 Å². The van der Waals surface area contributed by atoms with Crippen molar-refractivity contribution in [2.24, 2.45) is 28.9 Å². The summed E-state index contributed by atoms with van der Waals surface area (Å²) in [5, 5.41) is 3.28. The molecule has 14 heteroatoms. The molecule has 0 aromatic heterocycles. The molecule has 0 unspecified atom stereocenters. The van der Waals surface area contributed by atoms with E-state index in [4.69, 9.17) is 37.2 Å². The fourth-order valence-electron chi connectivity index (χ4n) is 4.38. The highest BCUT2D eigenvalue weighted by atomic mass is 16.8. The van der Waals surface area contributed by atoms with Gasteiger partial charge in [-0.25, -0.2) is 9.59 Å². The van der Waals surface area contributed by atoms with Crippen LogP contribution in [-0.4, -0.2) is 84.3 Å². The van der Waals surface area contributed by atoms with Crippen LogP contribution in [0.1, 0.15) is 119 Å². The van der Waals surface area contributed by atoms with E-state index in [9.17, 15) is 24.0 Å². The highest BCUT2D eigenvalue weighted by Crippen LogP contribution is 2.18. The number of hydroxylamine groups is 2. The Labute approximate surface area is 275 Å². The number of Topliss-reactive ketones (excluding diaryl/α,β-unsaturated/α-hetero) is 2. The molecule has 0 radical (unpaired) electrons. The third-order valence-electron chi connectivity index (χ3n) is 6.77. The molecule has 0 heterocycles. The van der Waals surface area contributed by atoms with Crippen molar-refractivity contribution in [3.05, 3.63) is 0 Å². The predicted molar refractivity (Wildman–Crippen MR) is 176 cm³/mol. The van der Waals surface area contributed by atoms with E-state index in [1.807, 2.05) is 0 Å². The molecule has 14 nitrogen and oxygen atoms in total. The van der Waals surface area contributed by atoms with Crippen molar-refractivity contribution in [2.75, 3.05) is 26.2 Å². The van der Waals surface area contributed by atoms with Gasteiger partial charge in [0.2, 0.25) is 5.91 Å². The molecular formula is C32H62N6O8. The molecule has 0 aliphatic heterocycles. The van der Waals surface area contributed by atoms with Crippen molar-refractivity contribution in [3.63, 3.8) is 0 Å². The Morgan fingerprint density at radius 1 is 0.674 bits per heavy atom. The van der Waals surface area contributed by atoms with E-state index in [0.717, 1.165) is 12.8 Å². The minimum Gasteiger partial charge on any atom is -0.442 e. The number of carbonyl (C=O) groups is 5. The van der Waals surface area contributed by atoms with Gasteiger partial charge in [-0.2, -0.15) is 0 Å². The van der Waals surface area contributed by atoms with Crippen molar-refractivity contribution in [1.29, 1.82) is 0 Å². The number of nitrogens with one attached hydrogen (secondary N) is 1. The van der Waals surface area contributed by atoms with Crippen LogP contribution >= 0.6 is 0 Å². The monoisotopic (exact) mass is 658 g/mol. The van der Waals surface area contributed by atoms with Gasteiger partial charge >= 0.3 is 12.2 Å². The summed E-state index contributed by atoms with van der Waals surface area (Å²) in [6.07, 6.45) is 3.42. The van der Waals surface area contributed by atoms with Crippen LogP contribution in [0, 0.1) is 5.92 Å². The largest absolute Gasteiger partial charge is 0.444 e. The second kappa shape index (κ2) is 22.8. The van der Waals surface area contributed by atoms with Gasteiger partial charge in [-0.3, -0.25) is 19.2 Å². The van der Waals surface area contributed by atoms with Crippen LogP contribution in [0.2, 0.25) is 0 Å². The second-order valence-electron chi connectivity index (χ2n) is 13.5. The molecule has 0 bridgehead atoms. The van der Waals surface area contributed by atoms with Gasteiger partial charge < -0.3 is 37.7 Å². The lowest BCUT2D eigenvalue weighted by Gasteiger charge is -2.27. The molecule has 0 aliphatic carbocycles. The van der Waals surface area contributed by atoms with E-state index in [0.29, 0.717) is 69.6 Å². The van der Waals surface area contributed by atoms with Gasteiger partial charge in [0.15, 0.2) is 5.78 Å². The number of nitrogens with zero attached hydrogens (tertiary/aromatic N) is 1. The fraction of sp³-hybridized carbons (Fsp3) is 0.844. The SMILES string of the molecule is CC(C)(C)OC(=O)N(OCCCC(=O)[C@H](CCCCN)NC(=O)[C@H](CCCCN)CC(=O)[C@@H](N)CCCCN)C(=O)OC(C)(C)C. The number of imide groups is 1. The number of amides is 3. The molecule has 3 amide bonds. The summed E-state index contributed by atoms with van der Waals surface area (Å²) >= 11 is 0. The Morgan fingerprint density at radius 3 is 1.63 bits per heavy atom. The molecule has 0 spiro atoms. The molecule has 0 fully saturated rings. The molecule has 0 saturated carbocycles. The van der Waals surface area contributed by atoms with Crippen LogP contribution in [0.4, 0.5) is 9.59 Å². The summed E-state index contributed by atoms with van der Waals surface area (Å²) in [6.45, 7) is 11.1. The van der Waals surface area contributed by atoms with Gasteiger partial charge in [-0.05, 0) is 113 Å². The maximum absolute atomic E-state index is 13.4. The van der Waals surface area contributed by atoms with Crippen LogP contribution in [-0.2, 0) is 28.7 Å². The van der Waals surface area contributed by atoms with Gasteiger partial charge in [-0.1, -0.05) is 17.9 Å². The van der Waals surface area contributed by atoms with E-state index in [1.54, 1.807) is 41.5 Å². The van der Waals surface area contributed by atoms with Crippen LogP contribution < -0.4 is 28.3 Å². The molecule has 0 rings (SSSR count). The smallest absolute Gasteiger partial charge is 0.442 e. The van der Waals surface area contributed by atoms with E-state index >= 15 is 0 Å². The molecule has 46 heavy (non-hydrogen) atoms. The van der Waals surface area contributed by atoms with Gasteiger partial charge in [0.25, 0.3) is 0 Å². The lowest BCUT2D eigenvalue weighted by atomic mass is 9.90. The normalized spacial score (nSPS) is 13.8. The van der Waals surface area contributed by atoms with E-state index < -0.39 is 41.4 Å². The van der Waals surface area contributed by atoms with Gasteiger partial charge in [-0.15, -0.1) is 0 Å².